The maximum Gasteiger partial charge on any atom is 0.194 e. The van der Waals surface area contributed by atoms with E-state index in [0.717, 1.165) is 47.5 Å². The lowest BCUT2D eigenvalue weighted by atomic mass is 10.2. The summed E-state index contributed by atoms with van der Waals surface area (Å²) in [5.74, 6) is 1.76. The van der Waals surface area contributed by atoms with Gasteiger partial charge in [0.25, 0.3) is 0 Å². The van der Waals surface area contributed by atoms with Crippen LogP contribution in [0.5, 0.6) is 5.75 Å². The van der Waals surface area contributed by atoms with E-state index in [9.17, 15) is 0 Å². The molecular formula is C21H32N4O2S. The summed E-state index contributed by atoms with van der Waals surface area (Å²) in [6, 6.07) is 8.13. The number of methoxy groups -OCH3 is 1. The highest BCUT2D eigenvalue weighted by atomic mass is 32.1. The fourth-order valence-corrected chi connectivity index (χ4v) is 3.43. The molecule has 0 bridgehead atoms. The standard InChI is InChI=1S/C21H32N4O2S/c1-6-11-27-19-10-8-9-17(12-19)13-23-21(22-7-2)25(4)14-18-15-28-20(24-18)16(3)26-5/h8-10,12,15-16H,6-7,11,13-14H2,1-5H3,(H,22,23). The van der Waals surface area contributed by atoms with Crippen LogP contribution < -0.4 is 10.1 Å². The van der Waals surface area contributed by atoms with Crippen LogP contribution >= 0.6 is 11.3 Å². The van der Waals surface area contributed by atoms with Crippen LogP contribution in [-0.4, -0.2) is 43.2 Å². The highest BCUT2D eigenvalue weighted by Crippen LogP contribution is 2.21. The van der Waals surface area contributed by atoms with Gasteiger partial charge in [0.2, 0.25) is 0 Å². The van der Waals surface area contributed by atoms with Gasteiger partial charge in [-0.1, -0.05) is 19.1 Å². The quantitative estimate of drug-likeness (QED) is 0.474. The Bertz CT molecular complexity index is 748. The predicted molar refractivity (Wildman–Crippen MR) is 116 cm³/mol. The van der Waals surface area contributed by atoms with Crippen molar-refractivity contribution in [2.45, 2.75) is 46.4 Å². The Morgan fingerprint density at radius 1 is 1.36 bits per heavy atom. The molecule has 0 fully saturated rings. The molecule has 0 amide bonds. The molecule has 2 aromatic rings. The van der Waals surface area contributed by atoms with Crippen molar-refractivity contribution in [1.82, 2.24) is 15.2 Å². The molecule has 154 valence electrons. The molecule has 1 unspecified atom stereocenters. The molecule has 1 atom stereocenters. The first kappa shape index (κ1) is 22.2. The number of hydrogen-bond donors (Lipinski definition) is 1. The number of thiazole rings is 1. The summed E-state index contributed by atoms with van der Waals surface area (Å²) in [7, 11) is 3.73. The van der Waals surface area contributed by atoms with Gasteiger partial charge in [0.1, 0.15) is 16.9 Å². The van der Waals surface area contributed by atoms with Crippen molar-refractivity contribution in [2.75, 3.05) is 27.3 Å². The summed E-state index contributed by atoms with van der Waals surface area (Å²) in [6.45, 7) is 9.02. The van der Waals surface area contributed by atoms with Crippen LogP contribution in [0.1, 0.15) is 49.6 Å². The van der Waals surface area contributed by atoms with Crippen molar-refractivity contribution in [3.8, 4) is 5.75 Å². The van der Waals surface area contributed by atoms with Crippen molar-refractivity contribution >= 4 is 17.3 Å². The van der Waals surface area contributed by atoms with Crippen molar-refractivity contribution in [3.05, 3.63) is 45.9 Å². The van der Waals surface area contributed by atoms with Gasteiger partial charge in [0, 0.05) is 26.1 Å². The van der Waals surface area contributed by atoms with Gasteiger partial charge in [-0.25, -0.2) is 9.98 Å². The third-order valence-electron chi connectivity index (χ3n) is 4.15. The van der Waals surface area contributed by atoms with Crippen LogP contribution in [0.2, 0.25) is 0 Å². The van der Waals surface area contributed by atoms with E-state index >= 15 is 0 Å². The van der Waals surface area contributed by atoms with Gasteiger partial charge in [-0.15, -0.1) is 11.3 Å². The van der Waals surface area contributed by atoms with Crippen molar-refractivity contribution in [3.63, 3.8) is 0 Å². The van der Waals surface area contributed by atoms with Crippen molar-refractivity contribution in [1.29, 1.82) is 0 Å². The number of nitrogens with zero attached hydrogens (tertiary/aromatic N) is 3. The number of hydrogen-bond acceptors (Lipinski definition) is 5. The first-order valence-electron chi connectivity index (χ1n) is 9.75. The number of benzene rings is 1. The lowest BCUT2D eigenvalue weighted by Gasteiger charge is -2.21. The largest absolute Gasteiger partial charge is 0.494 e. The molecule has 1 aromatic carbocycles. The molecule has 2 rings (SSSR count). The zero-order valence-electron chi connectivity index (χ0n) is 17.6. The molecule has 0 aliphatic rings. The van der Waals surface area contributed by atoms with Gasteiger partial charge >= 0.3 is 0 Å². The monoisotopic (exact) mass is 404 g/mol. The van der Waals surface area contributed by atoms with Gasteiger partial charge in [-0.05, 0) is 38.0 Å². The Kier molecular flexibility index (Phi) is 9.23. The van der Waals surface area contributed by atoms with Crippen LogP contribution in [0.15, 0.2) is 34.6 Å². The summed E-state index contributed by atoms with van der Waals surface area (Å²) >= 11 is 1.63. The van der Waals surface area contributed by atoms with Gasteiger partial charge in [0.15, 0.2) is 5.96 Å². The normalized spacial score (nSPS) is 12.7. The Labute approximate surface area is 172 Å². The van der Waals surface area contributed by atoms with E-state index in [1.54, 1.807) is 18.4 Å². The molecule has 0 saturated heterocycles. The minimum absolute atomic E-state index is 0.0214. The molecule has 1 N–H and O–H groups in total. The number of rotatable bonds is 10. The number of aliphatic imine (C=N–C) groups is 1. The number of ether oxygens (including phenoxy) is 2. The topological polar surface area (TPSA) is 59.0 Å². The summed E-state index contributed by atoms with van der Waals surface area (Å²) < 4.78 is 11.1. The second kappa shape index (κ2) is 11.7. The van der Waals surface area contributed by atoms with E-state index < -0.39 is 0 Å². The molecule has 28 heavy (non-hydrogen) atoms. The molecule has 7 heteroatoms. The van der Waals surface area contributed by atoms with Gasteiger partial charge in [-0.3, -0.25) is 0 Å². The smallest absolute Gasteiger partial charge is 0.194 e. The Hall–Kier alpha value is -2.12. The van der Waals surface area contributed by atoms with Gasteiger partial charge in [0.05, 0.1) is 25.4 Å². The number of guanidine groups is 1. The zero-order valence-corrected chi connectivity index (χ0v) is 18.4. The maximum atomic E-state index is 5.72. The summed E-state index contributed by atoms with van der Waals surface area (Å²) in [6.07, 6.45) is 1.02. The van der Waals surface area contributed by atoms with E-state index in [4.69, 9.17) is 14.5 Å². The van der Waals surface area contributed by atoms with Gasteiger partial charge < -0.3 is 19.7 Å². The molecule has 0 aliphatic heterocycles. The molecule has 0 aliphatic carbocycles. The van der Waals surface area contributed by atoms with Crippen LogP contribution in [0.4, 0.5) is 0 Å². The fraction of sp³-hybridized carbons (Fsp3) is 0.524. The van der Waals surface area contributed by atoms with Crippen LogP contribution in [0.3, 0.4) is 0 Å². The van der Waals surface area contributed by atoms with E-state index in [-0.39, 0.29) is 6.10 Å². The second-order valence-corrected chi connectivity index (χ2v) is 7.47. The van der Waals surface area contributed by atoms with Crippen LogP contribution in [-0.2, 0) is 17.8 Å². The highest BCUT2D eigenvalue weighted by molar-refractivity contribution is 7.09. The van der Waals surface area contributed by atoms with Crippen molar-refractivity contribution in [2.24, 2.45) is 4.99 Å². The number of nitrogens with one attached hydrogen (secondary N) is 1. The Balaban J connectivity index is 2.03. The lowest BCUT2D eigenvalue weighted by Crippen LogP contribution is -2.38. The third-order valence-corrected chi connectivity index (χ3v) is 5.20. The summed E-state index contributed by atoms with van der Waals surface area (Å²) in [4.78, 5) is 11.6. The molecule has 6 nitrogen and oxygen atoms in total. The SMILES string of the molecule is CCCOc1cccc(CN=C(NCC)N(C)Cc2csc(C(C)OC)n2)c1. The van der Waals surface area contributed by atoms with Gasteiger partial charge in [-0.2, -0.15) is 0 Å². The predicted octanol–water partition coefficient (Wildman–Crippen LogP) is 4.24. The average molecular weight is 405 g/mol. The van der Waals surface area contributed by atoms with E-state index in [0.29, 0.717) is 13.1 Å². The fourth-order valence-electron chi connectivity index (χ4n) is 2.59. The van der Waals surface area contributed by atoms with E-state index in [1.165, 1.54) is 0 Å². The Morgan fingerprint density at radius 2 is 2.18 bits per heavy atom. The Morgan fingerprint density at radius 3 is 2.89 bits per heavy atom. The van der Waals surface area contributed by atoms with Crippen molar-refractivity contribution < 1.29 is 9.47 Å². The molecular weight excluding hydrogens is 372 g/mol. The summed E-state index contributed by atoms with van der Waals surface area (Å²) in [5, 5.41) is 6.44. The second-order valence-electron chi connectivity index (χ2n) is 6.58. The van der Waals surface area contributed by atoms with Crippen LogP contribution in [0, 0.1) is 0 Å². The summed E-state index contributed by atoms with van der Waals surface area (Å²) in [5.41, 5.74) is 2.15. The van der Waals surface area contributed by atoms with E-state index in [2.05, 4.69) is 46.6 Å². The molecule has 0 spiro atoms. The third kappa shape index (κ3) is 6.80. The van der Waals surface area contributed by atoms with Crippen LogP contribution in [0.25, 0.3) is 0 Å². The maximum absolute atomic E-state index is 5.72. The van der Waals surface area contributed by atoms with E-state index in [1.807, 2.05) is 26.1 Å². The molecule has 1 aromatic heterocycles. The molecule has 1 heterocycles. The average Bonchev–Trinajstić information content (AvgIpc) is 3.17. The highest BCUT2D eigenvalue weighted by Gasteiger charge is 2.12. The lowest BCUT2D eigenvalue weighted by molar-refractivity contribution is 0.119. The molecule has 0 radical (unpaired) electrons. The minimum Gasteiger partial charge on any atom is -0.494 e. The zero-order chi connectivity index (χ0) is 20.4. The first-order chi connectivity index (χ1) is 13.6. The minimum atomic E-state index is 0.0214. The first-order valence-corrected chi connectivity index (χ1v) is 10.6. The number of aromatic nitrogens is 1. The molecule has 0 saturated carbocycles.